The number of piperazine rings is 1. The first kappa shape index (κ1) is 15.7. The van der Waals surface area contributed by atoms with Crippen LogP contribution in [0, 0.1) is 10.1 Å². The number of nitrogens with two attached hydrogens (primary N) is 1. The minimum Gasteiger partial charge on any atom is -0.324 e. The summed E-state index contributed by atoms with van der Waals surface area (Å²) < 4.78 is 0. The lowest BCUT2D eigenvalue weighted by Gasteiger charge is -2.39. The van der Waals surface area contributed by atoms with Gasteiger partial charge in [0.05, 0.1) is 10.6 Å². The molecule has 0 radical (unpaired) electrons. The predicted octanol–water partition coefficient (Wildman–Crippen LogP) is 1.41. The van der Waals surface area contributed by atoms with Crippen LogP contribution in [0.25, 0.3) is 0 Å². The van der Waals surface area contributed by atoms with Gasteiger partial charge in [-0.2, -0.15) is 0 Å². The summed E-state index contributed by atoms with van der Waals surface area (Å²) >= 11 is 0. The molecule has 1 fully saturated rings. The van der Waals surface area contributed by atoms with Gasteiger partial charge in [0.1, 0.15) is 0 Å². The van der Waals surface area contributed by atoms with Crippen LogP contribution in [-0.2, 0) is 6.54 Å². The van der Waals surface area contributed by atoms with Crippen molar-refractivity contribution in [3.05, 3.63) is 33.9 Å². The van der Waals surface area contributed by atoms with Gasteiger partial charge in [-0.25, -0.2) is 0 Å². The monoisotopic (exact) mass is 293 g/mol. The molecule has 1 heterocycles. The topological polar surface area (TPSA) is 87.7 Å². The highest BCUT2D eigenvalue weighted by molar-refractivity contribution is 5.55. The number of hydrazine groups is 1. The van der Waals surface area contributed by atoms with Crippen LogP contribution in [-0.4, -0.2) is 46.9 Å². The van der Waals surface area contributed by atoms with Crippen LogP contribution in [0.15, 0.2) is 18.2 Å². The Hall–Kier alpha value is -1.70. The highest BCUT2D eigenvalue weighted by atomic mass is 16.6. The Balaban J connectivity index is 2.11. The van der Waals surface area contributed by atoms with E-state index in [9.17, 15) is 10.1 Å². The first-order valence-corrected chi connectivity index (χ1v) is 7.25. The van der Waals surface area contributed by atoms with Crippen molar-refractivity contribution in [3.8, 4) is 0 Å². The second-order valence-corrected chi connectivity index (χ2v) is 5.46. The highest BCUT2D eigenvalue weighted by Crippen LogP contribution is 2.24. The SMILES string of the molecule is CCN1CCN(Cc2cc([N+](=O)[O-])ccc2NN)CC1C. The van der Waals surface area contributed by atoms with Gasteiger partial charge < -0.3 is 5.43 Å². The van der Waals surface area contributed by atoms with Gasteiger partial charge in [0, 0.05) is 44.4 Å². The molecule has 0 aromatic heterocycles. The first-order chi connectivity index (χ1) is 10.0. The zero-order valence-electron chi connectivity index (χ0n) is 12.6. The standard InChI is InChI=1S/C14H23N5O2/c1-3-18-7-6-17(9-11(18)2)10-12-8-13(19(20)21)4-5-14(12)16-15/h4-5,8,11,16H,3,6-7,9-10,15H2,1-2H3. The molecule has 1 aromatic carbocycles. The van der Waals surface area contributed by atoms with Crippen LogP contribution in [0.5, 0.6) is 0 Å². The minimum absolute atomic E-state index is 0.101. The fourth-order valence-electron chi connectivity index (χ4n) is 2.89. The average molecular weight is 293 g/mol. The number of nitrogens with one attached hydrogen (secondary N) is 1. The summed E-state index contributed by atoms with van der Waals surface area (Å²) in [5.41, 5.74) is 4.33. The number of benzene rings is 1. The van der Waals surface area contributed by atoms with Crippen LogP contribution in [0.3, 0.4) is 0 Å². The van der Waals surface area contributed by atoms with Crippen molar-refractivity contribution in [1.29, 1.82) is 0 Å². The second-order valence-electron chi connectivity index (χ2n) is 5.46. The van der Waals surface area contributed by atoms with Crippen LogP contribution in [0.2, 0.25) is 0 Å². The van der Waals surface area contributed by atoms with Gasteiger partial charge in [-0.1, -0.05) is 6.92 Å². The Morgan fingerprint density at radius 2 is 2.24 bits per heavy atom. The molecule has 1 saturated heterocycles. The molecule has 1 aliphatic heterocycles. The molecular weight excluding hydrogens is 270 g/mol. The van der Waals surface area contributed by atoms with E-state index >= 15 is 0 Å². The number of hydrogen-bond acceptors (Lipinski definition) is 6. The van der Waals surface area contributed by atoms with Crippen LogP contribution in [0.4, 0.5) is 11.4 Å². The lowest BCUT2D eigenvalue weighted by molar-refractivity contribution is -0.384. The van der Waals surface area contributed by atoms with Crippen LogP contribution >= 0.6 is 0 Å². The molecule has 0 amide bonds. The largest absolute Gasteiger partial charge is 0.324 e. The number of rotatable bonds is 5. The number of nitro groups is 1. The molecule has 21 heavy (non-hydrogen) atoms. The number of nitrogen functional groups attached to an aromatic ring is 1. The van der Waals surface area contributed by atoms with Crippen LogP contribution in [0.1, 0.15) is 19.4 Å². The van der Waals surface area contributed by atoms with Gasteiger partial charge in [-0.3, -0.25) is 25.8 Å². The van der Waals surface area contributed by atoms with E-state index in [1.54, 1.807) is 12.1 Å². The predicted molar refractivity (Wildman–Crippen MR) is 82.9 cm³/mol. The maximum atomic E-state index is 10.9. The third-order valence-corrected chi connectivity index (χ3v) is 4.10. The van der Waals surface area contributed by atoms with Gasteiger partial charge in [0.2, 0.25) is 0 Å². The number of non-ortho nitro benzene ring substituents is 1. The van der Waals surface area contributed by atoms with Crippen molar-refractivity contribution >= 4 is 11.4 Å². The van der Waals surface area contributed by atoms with Crippen molar-refractivity contribution in [2.75, 3.05) is 31.6 Å². The Labute approximate surface area is 124 Å². The van der Waals surface area contributed by atoms with Crippen LogP contribution < -0.4 is 11.3 Å². The van der Waals surface area contributed by atoms with E-state index in [0.717, 1.165) is 37.4 Å². The maximum Gasteiger partial charge on any atom is 0.269 e. The maximum absolute atomic E-state index is 10.9. The van der Waals surface area contributed by atoms with Crippen molar-refractivity contribution in [1.82, 2.24) is 9.80 Å². The second kappa shape index (κ2) is 6.84. The third-order valence-electron chi connectivity index (χ3n) is 4.10. The third kappa shape index (κ3) is 3.69. The normalized spacial score (nSPS) is 20.4. The smallest absolute Gasteiger partial charge is 0.269 e. The number of anilines is 1. The number of nitro benzene ring substituents is 1. The molecule has 0 aliphatic carbocycles. The summed E-state index contributed by atoms with van der Waals surface area (Å²) in [5.74, 6) is 5.51. The van der Waals surface area contributed by atoms with E-state index in [4.69, 9.17) is 5.84 Å². The van der Waals surface area contributed by atoms with Crippen molar-refractivity contribution in [3.63, 3.8) is 0 Å². The summed E-state index contributed by atoms with van der Waals surface area (Å²) in [6.07, 6.45) is 0. The zero-order valence-corrected chi connectivity index (χ0v) is 12.6. The molecule has 0 spiro atoms. The summed E-state index contributed by atoms with van der Waals surface area (Å²) in [6, 6.07) is 5.23. The molecule has 1 aromatic rings. The van der Waals surface area contributed by atoms with Gasteiger partial charge >= 0.3 is 0 Å². The van der Waals surface area contributed by atoms with Crippen molar-refractivity contribution in [2.45, 2.75) is 26.4 Å². The Morgan fingerprint density at radius 1 is 1.48 bits per heavy atom. The molecule has 3 N–H and O–H groups in total. The highest BCUT2D eigenvalue weighted by Gasteiger charge is 2.23. The lowest BCUT2D eigenvalue weighted by Crippen LogP contribution is -2.51. The van der Waals surface area contributed by atoms with Gasteiger partial charge in [0.15, 0.2) is 0 Å². The number of hydrogen-bond donors (Lipinski definition) is 2. The van der Waals surface area contributed by atoms with Crippen molar-refractivity contribution < 1.29 is 4.92 Å². The number of nitrogens with zero attached hydrogens (tertiary/aromatic N) is 3. The van der Waals surface area contributed by atoms with Gasteiger partial charge in [0.25, 0.3) is 5.69 Å². The van der Waals surface area contributed by atoms with Gasteiger partial charge in [-0.05, 0) is 25.1 Å². The quantitative estimate of drug-likeness (QED) is 0.485. The molecule has 1 atom stereocenters. The van der Waals surface area contributed by atoms with E-state index < -0.39 is 0 Å². The van der Waals surface area contributed by atoms with E-state index in [1.165, 1.54) is 6.07 Å². The van der Waals surface area contributed by atoms with E-state index in [0.29, 0.717) is 12.6 Å². The molecule has 1 unspecified atom stereocenters. The Morgan fingerprint density at radius 3 is 2.81 bits per heavy atom. The van der Waals surface area contributed by atoms with Gasteiger partial charge in [-0.15, -0.1) is 0 Å². The average Bonchev–Trinajstić information content (AvgIpc) is 2.47. The zero-order chi connectivity index (χ0) is 15.4. The molecule has 0 saturated carbocycles. The summed E-state index contributed by atoms with van der Waals surface area (Å²) in [4.78, 5) is 15.3. The summed E-state index contributed by atoms with van der Waals surface area (Å²) in [6.45, 7) is 9.06. The van der Waals surface area contributed by atoms with E-state index in [-0.39, 0.29) is 10.6 Å². The summed E-state index contributed by atoms with van der Waals surface area (Å²) in [7, 11) is 0. The molecule has 7 heteroatoms. The molecule has 1 aliphatic rings. The molecule has 116 valence electrons. The molecule has 0 bridgehead atoms. The molecular formula is C14H23N5O2. The molecule has 2 rings (SSSR count). The lowest BCUT2D eigenvalue weighted by atomic mass is 10.1. The Bertz CT molecular complexity index is 508. The fraction of sp³-hybridized carbons (Fsp3) is 0.571. The van der Waals surface area contributed by atoms with Crippen molar-refractivity contribution in [2.24, 2.45) is 5.84 Å². The minimum atomic E-state index is -0.374. The molecule has 7 nitrogen and oxygen atoms in total. The number of likely N-dealkylation sites (N-methyl/N-ethyl adjacent to an activating group) is 1. The van der Waals surface area contributed by atoms with E-state index in [1.807, 2.05) is 0 Å². The Kier molecular flexibility index (Phi) is 5.11. The first-order valence-electron chi connectivity index (χ1n) is 7.25. The van der Waals surface area contributed by atoms with E-state index in [2.05, 4.69) is 29.1 Å². The summed E-state index contributed by atoms with van der Waals surface area (Å²) in [5, 5.41) is 10.9. The fourth-order valence-corrected chi connectivity index (χ4v) is 2.89.